The first kappa shape index (κ1) is 15.4. The summed E-state index contributed by atoms with van der Waals surface area (Å²) in [5.74, 6) is 0.946. The van der Waals surface area contributed by atoms with E-state index < -0.39 is 0 Å². The third-order valence-corrected chi connectivity index (χ3v) is 3.74. The third kappa shape index (κ3) is 6.90. The molecule has 0 amide bonds. The van der Waals surface area contributed by atoms with Crippen LogP contribution in [-0.4, -0.2) is 26.7 Å². The van der Waals surface area contributed by atoms with Crippen molar-refractivity contribution in [3.05, 3.63) is 11.9 Å². The van der Waals surface area contributed by atoms with Crippen molar-refractivity contribution in [3.63, 3.8) is 0 Å². The van der Waals surface area contributed by atoms with Gasteiger partial charge in [0, 0.05) is 25.5 Å². The largest absolute Gasteiger partial charge is 0.393 e. The summed E-state index contributed by atoms with van der Waals surface area (Å²) in [4.78, 5) is 0. The van der Waals surface area contributed by atoms with Gasteiger partial charge in [0.05, 0.1) is 0 Å². The van der Waals surface area contributed by atoms with E-state index in [2.05, 4.69) is 29.1 Å². The molecule has 0 saturated heterocycles. The van der Waals surface area contributed by atoms with E-state index in [4.69, 9.17) is 0 Å². The minimum atomic E-state index is 0.946. The van der Waals surface area contributed by atoms with Crippen molar-refractivity contribution in [1.29, 1.82) is 0 Å². The molecule has 0 aromatic carbocycles. The Bertz CT molecular complexity index is 220. The molecule has 3 nitrogen and oxygen atoms in total. The first-order valence-corrected chi connectivity index (χ1v) is 7.67. The molecule has 0 radical (unpaired) electrons. The van der Waals surface area contributed by atoms with Crippen LogP contribution in [0.5, 0.6) is 0 Å². The lowest BCUT2D eigenvalue weighted by Gasteiger charge is -2.21. The zero-order valence-electron chi connectivity index (χ0n) is 12.2. The van der Waals surface area contributed by atoms with Gasteiger partial charge < -0.3 is 16.0 Å². The molecule has 3 heteroatoms. The highest BCUT2D eigenvalue weighted by atomic mass is 14.9. The Balaban J connectivity index is 1.93. The SMILES string of the molecule is CC/C(=C/NC)NCCCNCC1CCCCC1. The van der Waals surface area contributed by atoms with Crippen LogP contribution in [0, 0.1) is 5.92 Å². The monoisotopic (exact) mass is 253 g/mol. The normalized spacial score (nSPS) is 17.8. The Morgan fingerprint density at radius 3 is 2.61 bits per heavy atom. The Hall–Kier alpha value is -0.700. The molecule has 1 aliphatic carbocycles. The molecule has 1 fully saturated rings. The van der Waals surface area contributed by atoms with Gasteiger partial charge in [-0.15, -0.1) is 0 Å². The minimum absolute atomic E-state index is 0.946. The van der Waals surface area contributed by atoms with Crippen LogP contribution in [-0.2, 0) is 0 Å². The maximum atomic E-state index is 3.60. The summed E-state index contributed by atoms with van der Waals surface area (Å²) >= 11 is 0. The second kappa shape index (κ2) is 10.2. The van der Waals surface area contributed by atoms with Gasteiger partial charge in [-0.25, -0.2) is 0 Å². The summed E-state index contributed by atoms with van der Waals surface area (Å²) in [6.45, 7) is 5.61. The van der Waals surface area contributed by atoms with Crippen molar-refractivity contribution in [1.82, 2.24) is 16.0 Å². The highest BCUT2D eigenvalue weighted by molar-refractivity contribution is 4.96. The minimum Gasteiger partial charge on any atom is -0.393 e. The van der Waals surface area contributed by atoms with Crippen LogP contribution in [0.3, 0.4) is 0 Å². The highest BCUT2D eigenvalue weighted by Crippen LogP contribution is 2.22. The molecule has 1 rings (SSSR count). The van der Waals surface area contributed by atoms with Gasteiger partial charge in [0.1, 0.15) is 0 Å². The fourth-order valence-corrected chi connectivity index (χ4v) is 2.61. The summed E-state index contributed by atoms with van der Waals surface area (Å²) in [6.07, 6.45) is 11.6. The van der Waals surface area contributed by atoms with E-state index in [9.17, 15) is 0 Å². The summed E-state index contributed by atoms with van der Waals surface area (Å²) < 4.78 is 0. The fourth-order valence-electron chi connectivity index (χ4n) is 2.61. The third-order valence-electron chi connectivity index (χ3n) is 3.74. The molecule has 0 atom stereocenters. The fraction of sp³-hybridized carbons (Fsp3) is 0.867. The first-order chi connectivity index (χ1) is 8.86. The van der Waals surface area contributed by atoms with E-state index >= 15 is 0 Å². The molecule has 0 aromatic rings. The zero-order chi connectivity index (χ0) is 13.1. The lowest BCUT2D eigenvalue weighted by Crippen LogP contribution is -2.27. The van der Waals surface area contributed by atoms with Crippen molar-refractivity contribution in [3.8, 4) is 0 Å². The predicted molar refractivity (Wildman–Crippen MR) is 79.5 cm³/mol. The van der Waals surface area contributed by atoms with Gasteiger partial charge in [-0.2, -0.15) is 0 Å². The van der Waals surface area contributed by atoms with E-state index in [1.165, 1.54) is 50.8 Å². The molecular weight excluding hydrogens is 222 g/mol. The average molecular weight is 253 g/mol. The lowest BCUT2D eigenvalue weighted by atomic mass is 9.89. The van der Waals surface area contributed by atoms with Crippen LogP contribution < -0.4 is 16.0 Å². The number of rotatable bonds is 9. The Kier molecular flexibility index (Phi) is 8.74. The molecule has 18 heavy (non-hydrogen) atoms. The van der Waals surface area contributed by atoms with Crippen LogP contribution in [0.4, 0.5) is 0 Å². The molecule has 3 N–H and O–H groups in total. The van der Waals surface area contributed by atoms with Crippen molar-refractivity contribution in [2.24, 2.45) is 5.92 Å². The smallest absolute Gasteiger partial charge is 0.0263 e. The van der Waals surface area contributed by atoms with Gasteiger partial charge in [-0.1, -0.05) is 26.2 Å². The standard InChI is InChI=1S/C15H31N3/c1-3-15(13-16-2)18-11-7-10-17-12-14-8-5-4-6-9-14/h13-14,16-18H,3-12H2,1-2H3/b15-13-. The molecule has 0 bridgehead atoms. The number of hydrogen-bond donors (Lipinski definition) is 3. The summed E-state index contributed by atoms with van der Waals surface area (Å²) in [5, 5.41) is 10.1. The maximum Gasteiger partial charge on any atom is 0.0263 e. The maximum absolute atomic E-state index is 3.60. The Labute approximate surface area is 113 Å². The van der Waals surface area contributed by atoms with Crippen LogP contribution in [0.25, 0.3) is 0 Å². The van der Waals surface area contributed by atoms with Gasteiger partial charge in [0.2, 0.25) is 0 Å². The summed E-state index contributed by atoms with van der Waals surface area (Å²) in [7, 11) is 1.95. The van der Waals surface area contributed by atoms with Gasteiger partial charge in [-0.05, 0) is 44.7 Å². The van der Waals surface area contributed by atoms with Crippen molar-refractivity contribution in [2.45, 2.75) is 51.9 Å². The lowest BCUT2D eigenvalue weighted by molar-refractivity contribution is 0.342. The molecule has 1 aliphatic rings. The van der Waals surface area contributed by atoms with Crippen molar-refractivity contribution < 1.29 is 0 Å². The predicted octanol–water partition coefficient (Wildman–Crippen LogP) is 2.61. The summed E-state index contributed by atoms with van der Waals surface area (Å²) in [5.41, 5.74) is 1.30. The van der Waals surface area contributed by atoms with Crippen molar-refractivity contribution in [2.75, 3.05) is 26.7 Å². The molecule has 0 spiro atoms. The molecule has 106 valence electrons. The quantitative estimate of drug-likeness (QED) is 0.553. The van der Waals surface area contributed by atoms with E-state index in [1.54, 1.807) is 0 Å². The average Bonchev–Trinajstić information content (AvgIpc) is 2.42. The second-order valence-corrected chi connectivity index (χ2v) is 5.30. The topological polar surface area (TPSA) is 36.1 Å². The van der Waals surface area contributed by atoms with E-state index in [0.29, 0.717) is 0 Å². The van der Waals surface area contributed by atoms with E-state index in [1.807, 2.05) is 7.05 Å². The molecular formula is C15H31N3. The Morgan fingerprint density at radius 2 is 1.94 bits per heavy atom. The molecule has 1 saturated carbocycles. The van der Waals surface area contributed by atoms with Crippen molar-refractivity contribution >= 4 is 0 Å². The molecule has 0 aromatic heterocycles. The first-order valence-electron chi connectivity index (χ1n) is 7.67. The second-order valence-electron chi connectivity index (χ2n) is 5.30. The van der Waals surface area contributed by atoms with Crippen LogP contribution in [0.15, 0.2) is 11.9 Å². The van der Waals surface area contributed by atoms with E-state index in [-0.39, 0.29) is 0 Å². The summed E-state index contributed by atoms with van der Waals surface area (Å²) in [6, 6.07) is 0. The van der Waals surface area contributed by atoms with Gasteiger partial charge in [0.25, 0.3) is 0 Å². The molecule has 0 unspecified atom stereocenters. The molecule has 0 aliphatic heterocycles. The van der Waals surface area contributed by atoms with Gasteiger partial charge in [0.15, 0.2) is 0 Å². The van der Waals surface area contributed by atoms with Crippen LogP contribution in [0.2, 0.25) is 0 Å². The number of nitrogens with one attached hydrogen (secondary N) is 3. The van der Waals surface area contributed by atoms with Crippen LogP contribution >= 0.6 is 0 Å². The molecule has 0 heterocycles. The Morgan fingerprint density at radius 1 is 1.17 bits per heavy atom. The van der Waals surface area contributed by atoms with Gasteiger partial charge in [-0.3, -0.25) is 0 Å². The van der Waals surface area contributed by atoms with E-state index in [0.717, 1.165) is 25.4 Å². The van der Waals surface area contributed by atoms with Crippen LogP contribution in [0.1, 0.15) is 51.9 Å². The highest BCUT2D eigenvalue weighted by Gasteiger charge is 2.12. The number of allylic oxidation sites excluding steroid dienone is 1. The van der Waals surface area contributed by atoms with Gasteiger partial charge >= 0.3 is 0 Å². The zero-order valence-corrected chi connectivity index (χ0v) is 12.2. The number of hydrogen-bond acceptors (Lipinski definition) is 3.